The second-order valence-electron chi connectivity index (χ2n) is 4.36. The molecule has 0 aliphatic carbocycles. The minimum atomic E-state index is -0.426. The first kappa shape index (κ1) is 13.0. The van der Waals surface area contributed by atoms with Gasteiger partial charge in [0.05, 0.1) is 5.69 Å². The predicted molar refractivity (Wildman–Crippen MR) is 72.5 cm³/mol. The van der Waals surface area contributed by atoms with Crippen LogP contribution in [0.3, 0.4) is 0 Å². The van der Waals surface area contributed by atoms with Gasteiger partial charge in [-0.2, -0.15) is 0 Å². The lowest BCUT2D eigenvalue weighted by atomic mass is 10.0. The van der Waals surface area contributed by atoms with Crippen LogP contribution in [0.25, 0.3) is 0 Å². The number of carbonyl (C=O) groups is 1. The first-order valence-electron chi connectivity index (χ1n) is 5.56. The normalized spacial score (nSPS) is 10.7. The number of rotatable bonds is 2. The van der Waals surface area contributed by atoms with E-state index in [4.69, 9.17) is 0 Å². The second-order valence-corrected chi connectivity index (χ2v) is 5.28. The number of aryl methyl sites for hydroxylation is 1. The topological polar surface area (TPSA) is 32.9 Å². The lowest BCUT2D eigenvalue weighted by Crippen LogP contribution is -2.04. The number of H-pyrrole nitrogens is 1. The van der Waals surface area contributed by atoms with Crippen LogP contribution < -0.4 is 0 Å². The standard InChI is InChI=1S/C14H13BrFNO/c1-7-8(2)13(17-9(7)3)14(18)10-4-11(15)6-12(16)5-10/h4-6,17H,1-3H3. The minimum absolute atomic E-state index is 0.191. The molecule has 0 fully saturated rings. The van der Waals surface area contributed by atoms with Gasteiger partial charge in [0.1, 0.15) is 5.82 Å². The Hall–Kier alpha value is -1.42. The molecule has 1 N–H and O–H groups in total. The largest absolute Gasteiger partial charge is 0.356 e. The van der Waals surface area contributed by atoms with Crippen molar-refractivity contribution < 1.29 is 9.18 Å². The van der Waals surface area contributed by atoms with Gasteiger partial charge in [-0.15, -0.1) is 0 Å². The highest BCUT2D eigenvalue weighted by atomic mass is 79.9. The predicted octanol–water partition coefficient (Wildman–Crippen LogP) is 4.07. The molecule has 1 aromatic heterocycles. The number of carbonyl (C=O) groups excluding carboxylic acids is 1. The van der Waals surface area contributed by atoms with Crippen LogP contribution in [0.4, 0.5) is 4.39 Å². The number of hydrogen-bond acceptors (Lipinski definition) is 1. The Morgan fingerprint density at radius 3 is 2.33 bits per heavy atom. The molecule has 0 saturated heterocycles. The molecule has 0 bridgehead atoms. The van der Waals surface area contributed by atoms with Crippen LogP contribution in [0.5, 0.6) is 0 Å². The van der Waals surface area contributed by atoms with Gasteiger partial charge in [-0.3, -0.25) is 4.79 Å². The number of aromatic amines is 1. The van der Waals surface area contributed by atoms with E-state index in [9.17, 15) is 9.18 Å². The molecule has 4 heteroatoms. The van der Waals surface area contributed by atoms with Gasteiger partial charge in [-0.05, 0) is 50.1 Å². The van der Waals surface area contributed by atoms with Crippen LogP contribution in [0.2, 0.25) is 0 Å². The highest BCUT2D eigenvalue weighted by molar-refractivity contribution is 9.10. The molecule has 0 unspecified atom stereocenters. The molecular formula is C14H13BrFNO. The Morgan fingerprint density at radius 2 is 1.83 bits per heavy atom. The smallest absolute Gasteiger partial charge is 0.209 e. The Morgan fingerprint density at radius 1 is 1.17 bits per heavy atom. The van der Waals surface area contributed by atoms with E-state index in [0.717, 1.165) is 16.8 Å². The van der Waals surface area contributed by atoms with Gasteiger partial charge in [0, 0.05) is 15.7 Å². The van der Waals surface area contributed by atoms with E-state index in [1.54, 1.807) is 6.07 Å². The van der Waals surface area contributed by atoms with Gasteiger partial charge in [0.2, 0.25) is 5.78 Å². The Bertz CT molecular complexity index is 611. The second kappa shape index (κ2) is 4.69. The van der Waals surface area contributed by atoms with Crippen LogP contribution in [-0.4, -0.2) is 10.8 Å². The van der Waals surface area contributed by atoms with Gasteiger partial charge < -0.3 is 4.98 Å². The third kappa shape index (κ3) is 2.25. The zero-order valence-corrected chi connectivity index (χ0v) is 12.0. The van der Waals surface area contributed by atoms with E-state index < -0.39 is 5.82 Å². The summed E-state index contributed by atoms with van der Waals surface area (Å²) in [4.78, 5) is 15.4. The van der Waals surface area contributed by atoms with E-state index >= 15 is 0 Å². The summed E-state index contributed by atoms with van der Waals surface area (Å²) in [5, 5.41) is 0. The van der Waals surface area contributed by atoms with Gasteiger partial charge >= 0.3 is 0 Å². The van der Waals surface area contributed by atoms with Gasteiger partial charge in [0.25, 0.3) is 0 Å². The molecule has 0 radical (unpaired) electrons. The summed E-state index contributed by atoms with van der Waals surface area (Å²) < 4.78 is 13.9. The van der Waals surface area contributed by atoms with Crippen molar-refractivity contribution in [1.82, 2.24) is 4.98 Å². The van der Waals surface area contributed by atoms with Crippen molar-refractivity contribution in [1.29, 1.82) is 0 Å². The minimum Gasteiger partial charge on any atom is -0.356 e. The number of nitrogens with one attached hydrogen (secondary N) is 1. The van der Waals surface area contributed by atoms with E-state index in [2.05, 4.69) is 20.9 Å². The number of hydrogen-bond donors (Lipinski definition) is 1. The molecule has 0 saturated carbocycles. The van der Waals surface area contributed by atoms with Crippen molar-refractivity contribution >= 4 is 21.7 Å². The summed E-state index contributed by atoms with van der Waals surface area (Å²) >= 11 is 3.19. The number of benzene rings is 1. The Kier molecular flexibility index (Phi) is 3.39. The number of ketones is 1. The van der Waals surface area contributed by atoms with Gasteiger partial charge in [0.15, 0.2) is 0 Å². The number of halogens is 2. The van der Waals surface area contributed by atoms with Crippen molar-refractivity contribution in [2.45, 2.75) is 20.8 Å². The first-order chi connectivity index (χ1) is 8.40. The van der Waals surface area contributed by atoms with Crippen LogP contribution in [-0.2, 0) is 0 Å². The summed E-state index contributed by atoms with van der Waals surface area (Å²) in [6.45, 7) is 5.76. The fourth-order valence-electron chi connectivity index (χ4n) is 1.90. The lowest BCUT2D eigenvalue weighted by Gasteiger charge is -2.02. The highest BCUT2D eigenvalue weighted by Gasteiger charge is 2.17. The van der Waals surface area contributed by atoms with Crippen molar-refractivity contribution in [3.63, 3.8) is 0 Å². The molecule has 0 aliphatic heterocycles. The maximum atomic E-state index is 13.3. The van der Waals surface area contributed by atoms with Crippen LogP contribution in [0.15, 0.2) is 22.7 Å². The first-order valence-corrected chi connectivity index (χ1v) is 6.36. The third-order valence-electron chi connectivity index (χ3n) is 3.16. The molecule has 2 rings (SSSR count). The fraction of sp³-hybridized carbons (Fsp3) is 0.214. The van der Waals surface area contributed by atoms with Crippen LogP contribution >= 0.6 is 15.9 Å². The molecule has 0 spiro atoms. The highest BCUT2D eigenvalue weighted by Crippen LogP contribution is 2.22. The maximum absolute atomic E-state index is 13.3. The van der Waals surface area contributed by atoms with Crippen molar-refractivity contribution in [2.75, 3.05) is 0 Å². The quantitative estimate of drug-likeness (QED) is 0.833. The molecule has 0 amide bonds. The lowest BCUT2D eigenvalue weighted by molar-refractivity contribution is 0.103. The van der Waals surface area contributed by atoms with E-state index in [-0.39, 0.29) is 5.78 Å². The Balaban J connectivity index is 2.51. The Labute approximate surface area is 113 Å². The van der Waals surface area contributed by atoms with E-state index in [1.165, 1.54) is 12.1 Å². The summed E-state index contributed by atoms with van der Waals surface area (Å²) in [5.74, 6) is -0.616. The van der Waals surface area contributed by atoms with Crippen molar-refractivity contribution in [2.24, 2.45) is 0 Å². The van der Waals surface area contributed by atoms with E-state index in [1.807, 2.05) is 20.8 Å². The van der Waals surface area contributed by atoms with Gasteiger partial charge in [-0.25, -0.2) is 4.39 Å². The van der Waals surface area contributed by atoms with E-state index in [0.29, 0.717) is 15.7 Å². The van der Waals surface area contributed by atoms with Crippen LogP contribution in [0.1, 0.15) is 32.9 Å². The van der Waals surface area contributed by atoms with Crippen LogP contribution in [0, 0.1) is 26.6 Å². The SMILES string of the molecule is Cc1[nH]c(C(=O)c2cc(F)cc(Br)c2)c(C)c1C. The average molecular weight is 310 g/mol. The molecule has 1 aromatic carbocycles. The molecule has 2 nitrogen and oxygen atoms in total. The summed E-state index contributed by atoms with van der Waals surface area (Å²) in [5.41, 5.74) is 3.81. The molecule has 0 atom stereocenters. The number of aromatic nitrogens is 1. The zero-order chi connectivity index (χ0) is 13.4. The molecule has 0 aliphatic rings. The van der Waals surface area contributed by atoms with Crippen molar-refractivity contribution in [3.05, 3.63) is 56.6 Å². The fourth-order valence-corrected chi connectivity index (χ4v) is 2.37. The molecule has 2 aromatic rings. The van der Waals surface area contributed by atoms with Crippen molar-refractivity contribution in [3.8, 4) is 0 Å². The molecular weight excluding hydrogens is 297 g/mol. The molecule has 1 heterocycles. The molecule has 18 heavy (non-hydrogen) atoms. The summed E-state index contributed by atoms with van der Waals surface area (Å²) in [7, 11) is 0. The average Bonchev–Trinajstić information content (AvgIpc) is 2.55. The summed E-state index contributed by atoms with van der Waals surface area (Å²) in [6.07, 6.45) is 0. The zero-order valence-electron chi connectivity index (χ0n) is 10.4. The summed E-state index contributed by atoms with van der Waals surface area (Å²) in [6, 6.07) is 4.20. The maximum Gasteiger partial charge on any atom is 0.209 e. The third-order valence-corrected chi connectivity index (χ3v) is 3.62. The monoisotopic (exact) mass is 309 g/mol. The molecule has 94 valence electrons. The van der Waals surface area contributed by atoms with Gasteiger partial charge in [-0.1, -0.05) is 15.9 Å².